The maximum Gasteiger partial charge on any atom is 0.331 e. The Morgan fingerprint density at radius 3 is 2.52 bits per heavy atom. The van der Waals surface area contributed by atoms with Gasteiger partial charge in [0, 0.05) is 12.7 Å². The van der Waals surface area contributed by atoms with Gasteiger partial charge in [0.15, 0.2) is 0 Å². The van der Waals surface area contributed by atoms with Gasteiger partial charge in [-0.2, -0.15) is 0 Å². The lowest BCUT2D eigenvalue weighted by Gasteiger charge is -2.15. The van der Waals surface area contributed by atoms with Crippen LogP contribution in [0.15, 0.2) is 34.0 Å². The third-order valence-corrected chi connectivity index (χ3v) is 3.87. The molecule has 0 saturated heterocycles. The number of hydrogen-bond acceptors (Lipinski definition) is 4. The zero-order valence-corrected chi connectivity index (χ0v) is 14.7. The van der Waals surface area contributed by atoms with Gasteiger partial charge in [-0.15, -0.1) is 0 Å². The van der Waals surface area contributed by atoms with Gasteiger partial charge in [-0.05, 0) is 30.0 Å². The van der Waals surface area contributed by atoms with Crippen LogP contribution in [-0.2, 0) is 22.6 Å². The molecular weight excluding hydrogens is 327 g/mol. The van der Waals surface area contributed by atoms with E-state index < -0.39 is 23.0 Å². The van der Waals surface area contributed by atoms with Crippen LogP contribution in [0.1, 0.15) is 19.4 Å². The van der Waals surface area contributed by atoms with Crippen molar-refractivity contribution in [2.24, 2.45) is 5.92 Å². The Kier molecular flexibility index (Phi) is 5.56. The van der Waals surface area contributed by atoms with Gasteiger partial charge in [0.05, 0.1) is 12.7 Å². The van der Waals surface area contributed by atoms with Crippen LogP contribution in [0, 0.1) is 18.7 Å². The summed E-state index contributed by atoms with van der Waals surface area (Å²) in [5.74, 6) is -1.02. The first-order chi connectivity index (χ1) is 11.8. The second-order valence-electron chi connectivity index (χ2n) is 6.25. The molecule has 1 aromatic carbocycles. The van der Waals surface area contributed by atoms with Crippen molar-refractivity contribution in [2.75, 3.05) is 7.11 Å². The third kappa shape index (κ3) is 3.87. The fourth-order valence-electron chi connectivity index (χ4n) is 2.58. The van der Waals surface area contributed by atoms with Crippen molar-refractivity contribution in [3.8, 4) is 11.1 Å². The average Bonchev–Trinajstić information content (AvgIpc) is 2.56. The second kappa shape index (κ2) is 7.46. The van der Waals surface area contributed by atoms with Gasteiger partial charge in [0.1, 0.15) is 12.4 Å². The molecule has 0 aliphatic rings. The van der Waals surface area contributed by atoms with Crippen molar-refractivity contribution in [3.05, 3.63) is 56.6 Å². The minimum atomic E-state index is -0.612. The molecule has 0 saturated carbocycles. The van der Waals surface area contributed by atoms with E-state index in [1.807, 2.05) is 13.8 Å². The van der Waals surface area contributed by atoms with Crippen LogP contribution in [0.5, 0.6) is 0 Å². The Balaban J connectivity index is 2.77. The molecule has 134 valence electrons. The van der Waals surface area contributed by atoms with E-state index in [0.717, 1.165) is 9.13 Å². The average molecular weight is 348 g/mol. The molecule has 0 spiro atoms. The van der Waals surface area contributed by atoms with E-state index in [0.29, 0.717) is 11.1 Å². The molecule has 0 N–H and O–H groups in total. The molecule has 0 amide bonds. The van der Waals surface area contributed by atoms with Crippen LogP contribution in [0.2, 0.25) is 0 Å². The number of halogens is 1. The van der Waals surface area contributed by atoms with Crippen LogP contribution >= 0.6 is 0 Å². The first-order valence-electron chi connectivity index (χ1n) is 7.92. The lowest BCUT2D eigenvalue weighted by Crippen LogP contribution is -2.42. The Bertz CT molecular complexity index is 912. The molecule has 0 aliphatic carbocycles. The monoisotopic (exact) mass is 348 g/mol. The highest BCUT2D eigenvalue weighted by Crippen LogP contribution is 2.21. The van der Waals surface area contributed by atoms with Gasteiger partial charge in [0.2, 0.25) is 0 Å². The Labute approximate surface area is 144 Å². The number of benzene rings is 1. The van der Waals surface area contributed by atoms with Gasteiger partial charge < -0.3 is 4.74 Å². The van der Waals surface area contributed by atoms with Crippen molar-refractivity contribution < 1.29 is 13.9 Å². The van der Waals surface area contributed by atoms with Gasteiger partial charge >= 0.3 is 11.7 Å². The number of methoxy groups -OCH3 is 1. The summed E-state index contributed by atoms with van der Waals surface area (Å²) in [5.41, 5.74) is -0.239. The number of rotatable bonds is 5. The van der Waals surface area contributed by atoms with Crippen molar-refractivity contribution >= 4 is 5.97 Å². The molecule has 0 unspecified atom stereocenters. The molecule has 25 heavy (non-hydrogen) atoms. The van der Waals surface area contributed by atoms with E-state index in [9.17, 15) is 18.8 Å². The van der Waals surface area contributed by atoms with Crippen LogP contribution in [0.4, 0.5) is 4.39 Å². The highest BCUT2D eigenvalue weighted by Gasteiger charge is 2.18. The van der Waals surface area contributed by atoms with Crippen LogP contribution in [0.3, 0.4) is 0 Å². The summed E-state index contributed by atoms with van der Waals surface area (Å²) >= 11 is 0. The van der Waals surface area contributed by atoms with Crippen LogP contribution in [0.25, 0.3) is 11.1 Å². The highest BCUT2D eigenvalue weighted by molar-refractivity contribution is 5.70. The van der Waals surface area contributed by atoms with Crippen molar-refractivity contribution in [3.63, 3.8) is 0 Å². The van der Waals surface area contributed by atoms with E-state index >= 15 is 0 Å². The fourth-order valence-corrected chi connectivity index (χ4v) is 2.58. The molecule has 0 bridgehead atoms. The topological polar surface area (TPSA) is 70.3 Å². The molecule has 1 aromatic heterocycles. The maximum atomic E-state index is 13.9. The molecule has 7 heteroatoms. The number of esters is 1. The predicted octanol–water partition coefficient (Wildman–Crippen LogP) is 1.95. The lowest BCUT2D eigenvalue weighted by atomic mass is 10.0. The van der Waals surface area contributed by atoms with Crippen molar-refractivity contribution in [2.45, 2.75) is 33.9 Å². The number of carbonyl (C=O) groups is 1. The summed E-state index contributed by atoms with van der Waals surface area (Å²) in [6.07, 6.45) is 1.29. The number of aromatic nitrogens is 2. The Hall–Kier alpha value is -2.70. The number of ether oxygens (including phenoxy) is 1. The normalized spacial score (nSPS) is 11.0. The summed E-state index contributed by atoms with van der Waals surface area (Å²) in [7, 11) is 1.22. The minimum Gasteiger partial charge on any atom is -0.468 e. The summed E-state index contributed by atoms with van der Waals surface area (Å²) in [6.45, 7) is 5.18. The summed E-state index contributed by atoms with van der Waals surface area (Å²) in [4.78, 5) is 37.0. The first kappa shape index (κ1) is 18.6. The molecule has 0 radical (unpaired) electrons. The van der Waals surface area contributed by atoms with Crippen molar-refractivity contribution in [1.29, 1.82) is 0 Å². The van der Waals surface area contributed by atoms with Crippen molar-refractivity contribution in [1.82, 2.24) is 9.13 Å². The first-order valence-corrected chi connectivity index (χ1v) is 7.92. The largest absolute Gasteiger partial charge is 0.468 e. The van der Waals surface area contributed by atoms with E-state index in [-0.39, 0.29) is 24.6 Å². The number of hydrogen-bond donors (Lipinski definition) is 0. The molecule has 2 rings (SSSR count). The highest BCUT2D eigenvalue weighted by atomic mass is 19.1. The molecular formula is C18H21FN2O4. The summed E-state index contributed by atoms with van der Waals surface area (Å²) < 4.78 is 20.7. The third-order valence-electron chi connectivity index (χ3n) is 3.87. The SMILES string of the molecule is COC(=O)Cn1cc(-c2cccc(F)c2C)c(=O)n(CC(C)C)c1=O. The lowest BCUT2D eigenvalue weighted by molar-refractivity contribution is -0.141. The second-order valence-corrected chi connectivity index (χ2v) is 6.25. The zero-order chi connectivity index (χ0) is 18.7. The standard InChI is InChI=1S/C18H21FN2O4/c1-11(2)8-21-17(23)14(13-6-5-7-15(19)12(13)3)9-20(18(21)24)10-16(22)25-4/h5-7,9,11H,8,10H2,1-4H3. The fraction of sp³-hybridized carbons (Fsp3) is 0.389. The smallest absolute Gasteiger partial charge is 0.331 e. The zero-order valence-electron chi connectivity index (χ0n) is 14.7. The summed E-state index contributed by atoms with van der Waals surface area (Å²) in [5, 5.41) is 0. The molecule has 2 aromatic rings. The summed E-state index contributed by atoms with van der Waals surface area (Å²) in [6, 6.07) is 4.41. The predicted molar refractivity (Wildman–Crippen MR) is 91.9 cm³/mol. The Morgan fingerprint density at radius 2 is 1.92 bits per heavy atom. The molecule has 6 nitrogen and oxygen atoms in total. The van der Waals surface area contributed by atoms with Gasteiger partial charge in [-0.3, -0.25) is 18.7 Å². The maximum absolute atomic E-state index is 13.9. The van der Waals surface area contributed by atoms with Gasteiger partial charge in [-0.1, -0.05) is 26.0 Å². The molecule has 0 fully saturated rings. The number of carbonyl (C=O) groups excluding carboxylic acids is 1. The van der Waals surface area contributed by atoms with Gasteiger partial charge in [-0.25, -0.2) is 9.18 Å². The van der Waals surface area contributed by atoms with E-state index in [1.54, 1.807) is 13.0 Å². The van der Waals surface area contributed by atoms with Crippen LogP contribution < -0.4 is 11.2 Å². The molecule has 0 atom stereocenters. The van der Waals surface area contributed by atoms with E-state index in [1.165, 1.54) is 25.4 Å². The van der Waals surface area contributed by atoms with Gasteiger partial charge in [0.25, 0.3) is 5.56 Å². The minimum absolute atomic E-state index is 0.0424. The molecule has 0 aliphatic heterocycles. The van der Waals surface area contributed by atoms with E-state index in [2.05, 4.69) is 4.74 Å². The van der Waals surface area contributed by atoms with Crippen LogP contribution in [-0.4, -0.2) is 22.2 Å². The number of nitrogens with zero attached hydrogens (tertiary/aromatic N) is 2. The molecule has 1 heterocycles. The Morgan fingerprint density at radius 1 is 1.24 bits per heavy atom. The quantitative estimate of drug-likeness (QED) is 0.775. The van der Waals surface area contributed by atoms with E-state index in [4.69, 9.17) is 0 Å².